The summed E-state index contributed by atoms with van der Waals surface area (Å²) in [5.41, 5.74) is 0.875. The number of amides is 1. The summed E-state index contributed by atoms with van der Waals surface area (Å²) < 4.78 is 36.9. The zero-order chi connectivity index (χ0) is 21.6. The molecular formula is C20H19N3O6S. The van der Waals surface area contributed by atoms with Gasteiger partial charge in [0.15, 0.2) is 6.61 Å². The number of nitriles is 1. The van der Waals surface area contributed by atoms with Crippen LogP contribution >= 0.6 is 0 Å². The van der Waals surface area contributed by atoms with Gasteiger partial charge in [-0.3, -0.25) is 4.79 Å². The van der Waals surface area contributed by atoms with E-state index in [1.54, 1.807) is 6.07 Å². The summed E-state index contributed by atoms with van der Waals surface area (Å²) in [6.07, 6.45) is 0. The Morgan fingerprint density at radius 3 is 2.50 bits per heavy atom. The van der Waals surface area contributed by atoms with E-state index in [-0.39, 0.29) is 29.2 Å². The highest BCUT2D eigenvalue weighted by molar-refractivity contribution is 7.89. The smallest absolute Gasteiger partial charge is 0.338 e. The van der Waals surface area contributed by atoms with Gasteiger partial charge in [-0.1, -0.05) is 6.07 Å². The first-order valence-corrected chi connectivity index (χ1v) is 10.5. The molecule has 1 heterocycles. The summed E-state index contributed by atoms with van der Waals surface area (Å²) in [4.78, 5) is 24.1. The molecule has 0 aromatic heterocycles. The van der Waals surface area contributed by atoms with Crippen LogP contribution in [0.15, 0.2) is 53.4 Å². The SMILES string of the molecule is N#Cc1ccc(C(=O)OCC(=O)Nc2cccc(S(=O)(=O)N3CCOCC3)c2)cc1. The van der Waals surface area contributed by atoms with Gasteiger partial charge in [0.05, 0.1) is 35.3 Å². The van der Waals surface area contributed by atoms with Crippen molar-refractivity contribution in [3.05, 3.63) is 59.7 Å². The van der Waals surface area contributed by atoms with Gasteiger partial charge in [-0.25, -0.2) is 13.2 Å². The average Bonchev–Trinajstić information content (AvgIpc) is 2.78. The van der Waals surface area contributed by atoms with Crippen LogP contribution in [0.2, 0.25) is 0 Å². The largest absolute Gasteiger partial charge is 0.452 e. The highest BCUT2D eigenvalue weighted by atomic mass is 32.2. The second-order valence-electron chi connectivity index (χ2n) is 6.36. The third kappa shape index (κ3) is 5.21. The third-order valence-electron chi connectivity index (χ3n) is 4.31. The first-order chi connectivity index (χ1) is 14.4. The highest BCUT2D eigenvalue weighted by Gasteiger charge is 2.26. The third-order valence-corrected chi connectivity index (χ3v) is 6.20. The zero-order valence-corrected chi connectivity index (χ0v) is 16.7. The molecule has 0 saturated carbocycles. The van der Waals surface area contributed by atoms with Crippen molar-refractivity contribution in [3.63, 3.8) is 0 Å². The maximum Gasteiger partial charge on any atom is 0.338 e. The Kier molecular flexibility index (Phi) is 6.79. The molecule has 2 aromatic carbocycles. The van der Waals surface area contributed by atoms with Gasteiger partial charge in [0.1, 0.15) is 0 Å². The summed E-state index contributed by atoms with van der Waals surface area (Å²) in [5, 5.41) is 11.3. The van der Waals surface area contributed by atoms with Crippen molar-refractivity contribution in [1.29, 1.82) is 5.26 Å². The number of nitrogens with zero attached hydrogens (tertiary/aromatic N) is 2. The average molecular weight is 429 g/mol. The van der Waals surface area contributed by atoms with Crippen molar-refractivity contribution in [2.24, 2.45) is 0 Å². The molecule has 30 heavy (non-hydrogen) atoms. The van der Waals surface area contributed by atoms with Crippen molar-refractivity contribution in [2.45, 2.75) is 4.90 Å². The van der Waals surface area contributed by atoms with E-state index in [2.05, 4.69) is 5.32 Å². The predicted molar refractivity (Wildman–Crippen MR) is 106 cm³/mol. The standard InChI is InChI=1S/C20H19N3O6S/c21-13-15-4-6-16(7-5-15)20(25)29-14-19(24)22-17-2-1-3-18(12-17)30(26,27)23-8-10-28-11-9-23/h1-7,12H,8-11,14H2,(H,22,24). The Labute approximate surface area is 173 Å². The van der Waals surface area contributed by atoms with Crippen LogP contribution in [0.1, 0.15) is 15.9 Å². The Bertz CT molecular complexity index is 1070. The molecule has 9 nitrogen and oxygen atoms in total. The van der Waals surface area contributed by atoms with Gasteiger partial charge >= 0.3 is 5.97 Å². The second kappa shape index (κ2) is 9.49. The van der Waals surface area contributed by atoms with E-state index in [9.17, 15) is 18.0 Å². The number of rotatable bonds is 6. The first kappa shape index (κ1) is 21.4. The molecule has 0 bridgehead atoms. The highest BCUT2D eigenvalue weighted by Crippen LogP contribution is 2.20. The van der Waals surface area contributed by atoms with Gasteiger partial charge in [0, 0.05) is 18.8 Å². The minimum atomic E-state index is -3.69. The molecule has 3 rings (SSSR count). The van der Waals surface area contributed by atoms with E-state index in [1.165, 1.54) is 46.8 Å². The van der Waals surface area contributed by atoms with Crippen LogP contribution in [0, 0.1) is 11.3 Å². The fraction of sp³-hybridized carbons (Fsp3) is 0.250. The van der Waals surface area contributed by atoms with Crippen LogP contribution in [-0.4, -0.2) is 57.5 Å². The van der Waals surface area contributed by atoms with Crippen molar-refractivity contribution in [3.8, 4) is 6.07 Å². The summed E-state index contributed by atoms with van der Waals surface area (Å²) in [5.74, 6) is -1.32. The summed E-state index contributed by atoms with van der Waals surface area (Å²) >= 11 is 0. The molecule has 1 N–H and O–H groups in total. The molecule has 0 radical (unpaired) electrons. The second-order valence-corrected chi connectivity index (χ2v) is 8.30. The molecule has 1 saturated heterocycles. The van der Waals surface area contributed by atoms with Gasteiger partial charge in [-0.05, 0) is 42.5 Å². The van der Waals surface area contributed by atoms with E-state index in [1.807, 2.05) is 6.07 Å². The fourth-order valence-corrected chi connectivity index (χ4v) is 4.22. The lowest BCUT2D eigenvalue weighted by molar-refractivity contribution is -0.119. The number of hydrogen-bond donors (Lipinski definition) is 1. The fourth-order valence-electron chi connectivity index (χ4n) is 2.76. The van der Waals surface area contributed by atoms with Crippen molar-refractivity contribution in [1.82, 2.24) is 4.31 Å². The molecule has 0 aliphatic carbocycles. The number of benzene rings is 2. The van der Waals surface area contributed by atoms with Crippen LogP contribution in [0.5, 0.6) is 0 Å². The van der Waals surface area contributed by atoms with Crippen molar-refractivity contribution in [2.75, 3.05) is 38.2 Å². The van der Waals surface area contributed by atoms with Gasteiger partial charge < -0.3 is 14.8 Å². The van der Waals surface area contributed by atoms with E-state index in [0.29, 0.717) is 18.8 Å². The number of ether oxygens (including phenoxy) is 2. The first-order valence-electron chi connectivity index (χ1n) is 9.05. The minimum absolute atomic E-state index is 0.0526. The van der Waals surface area contributed by atoms with Crippen molar-refractivity contribution >= 4 is 27.6 Å². The molecule has 0 spiro atoms. The number of hydrogen-bond acceptors (Lipinski definition) is 7. The van der Waals surface area contributed by atoms with Crippen LogP contribution in [0.3, 0.4) is 0 Å². The topological polar surface area (TPSA) is 126 Å². The van der Waals surface area contributed by atoms with E-state index >= 15 is 0 Å². The molecule has 1 fully saturated rings. The van der Waals surface area contributed by atoms with Crippen molar-refractivity contribution < 1.29 is 27.5 Å². The van der Waals surface area contributed by atoms with Gasteiger partial charge in [0.2, 0.25) is 10.0 Å². The number of morpholine rings is 1. The molecule has 2 aromatic rings. The monoisotopic (exact) mass is 429 g/mol. The summed E-state index contributed by atoms with van der Waals surface area (Å²) in [6, 6.07) is 13.6. The van der Waals surface area contributed by atoms with Gasteiger partial charge in [-0.2, -0.15) is 9.57 Å². The number of carbonyl (C=O) groups excluding carboxylic acids is 2. The Balaban J connectivity index is 1.59. The van der Waals surface area contributed by atoms with E-state index in [4.69, 9.17) is 14.7 Å². The summed E-state index contributed by atoms with van der Waals surface area (Å²) in [7, 11) is -3.69. The Morgan fingerprint density at radius 2 is 1.83 bits per heavy atom. The molecule has 10 heteroatoms. The molecule has 1 aliphatic heterocycles. The Hall–Kier alpha value is -3.26. The lowest BCUT2D eigenvalue weighted by Gasteiger charge is -2.26. The lowest BCUT2D eigenvalue weighted by Crippen LogP contribution is -2.40. The number of nitrogens with one attached hydrogen (secondary N) is 1. The van der Waals surface area contributed by atoms with Crippen LogP contribution < -0.4 is 5.32 Å². The molecule has 1 amide bonds. The van der Waals surface area contributed by atoms with Crippen LogP contribution in [-0.2, 0) is 24.3 Å². The normalized spacial score (nSPS) is 14.5. The van der Waals surface area contributed by atoms with Crippen LogP contribution in [0.4, 0.5) is 5.69 Å². The number of carbonyl (C=O) groups is 2. The molecule has 1 aliphatic rings. The molecule has 0 unspecified atom stereocenters. The predicted octanol–water partition coefficient (Wildman–Crippen LogP) is 1.37. The molecule has 156 valence electrons. The minimum Gasteiger partial charge on any atom is -0.452 e. The van der Waals surface area contributed by atoms with E-state index < -0.39 is 28.5 Å². The van der Waals surface area contributed by atoms with E-state index in [0.717, 1.165) is 0 Å². The number of sulfonamides is 1. The molecule has 0 atom stereocenters. The summed E-state index contributed by atoms with van der Waals surface area (Å²) in [6.45, 7) is 0.661. The maximum atomic E-state index is 12.7. The quantitative estimate of drug-likeness (QED) is 0.688. The van der Waals surface area contributed by atoms with Crippen LogP contribution in [0.25, 0.3) is 0 Å². The lowest BCUT2D eigenvalue weighted by atomic mass is 10.1. The van der Waals surface area contributed by atoms with Gasteiger partial charge in [-0.15, -0.1) is 0 Å². The number of esters is 1. The molecular weight excluding hydrogens is 410 g/mol. The maximum absolute atomic E-state index is 12.7. The Morgan fingerprint density at radius 1 is 1.13 bits per heavy atom. The zero-order valence-electron chi connectivity index (χ0n) is 15.9. The van der Waals surface area contributed by atoms with Gasteiger partial charge in [0.25, 0.3) is 5.91 Å². The number of anilines is 1.